The Hall–Kier alpha value is -2.27. The third kappa shape index (κ3) is 5.81. The van der Waals surface area contributed by atoms with Crippen LogP contribution in [0.25, 0.3) is 10.9 Å². The van der Waals surface area contributed by atoms with Crippen molar-refractivity contribution >= 4 is 34.5 Å². The van der Waals surface area contributed by atoms with E-state index in [-0.39, 0.29) is 18.4 Å². The van der Waals surface area contributed by atoms with Crippen LogP contribution in [0.1, 0.15) is 30.9 Å². The highest BCUT2D eigenvalue weighted by molar-refractivity contribution is 7.98. The number of phenols is 1. The van der Waals surface area contributed by atoms with Crippen molar-refractivity contribution in [2.45, 2.75) is 37.8 Å². The molecule has 9 nitrogen and oxygen atoms in total. The number of nitrogens with zero attached hydrogens (tertiary/aromatic N) is 3. The van der Waals surface area contributed by atoms with Gasteiger partial charge in [-0.1, -0.05) is 6.92 Å². The van der Waals surface area contributed by atoms with Gasteiger partial charge < -0.3 is 19.9 Å². The minimum atomic E-state index is -0.286. The largest absolute Gasteiger partial charge is 0.508 e. The Morgan fingerprint density at radius 1 is 1.21 bits per heavy atom. The van der Waals surface area contributed by atoms with Crippen LogP contribution in [0.3, 0.4) is 0 Å². The van der Waals surface area contributed by atoms with E-state index < -0.39 is 0 Å². The third-order valence-corrected chi connectivity index (χ3v) is 7.15. The third-order valence-electron chi connectivity index (χ3n) is 6.24. The molecule has 1 aromatic carbocycles. The molecule has 0 atom stereocenters. The molecule has 33 heavy (non-hydrogen) atoms. The molecule has 10 heteroatoms. The average molecular weight is 478 g/mol. The zero-order valence-corrected chi connectivity index (χ0v) is 20.5. The summed E-state index contributed by atoms with van der Waals surface area (Å²) in [4.78, 5) is 32.3. The standard InChI is InChI=1S/C23H35N5O4S/c1-4-16-17-7-8-19(29)18(22(17)26(2)23(16)33-3)14-27-10-12-28(13-11-27)21(31)6-5-9-25-20(30)15-32-24/h7-8,29H,4-6,9-15,24H2,1-3H3,(H,25,30). The molecule has 1 aliphatic rings. The second kappa shape index (κ2) is 11.7. The van der Waals surface area contributed by atoms with Gasteiger partial charge in [0.1, 0.15) is 12.4 Å². The van der Waals surface area contributed by atoms with Gasteiger partial charge in [-0.3, -0.25) is 19.3 Å². The number of nitrogens with one attached hydrogen (secondary N) is 1. The average Bonchev–Trinajstić information content (AvgIpc) is 3.09. The molecule has 2 heterocycles. The van der Waals surface area contributed by atoms with Crippen LogP contribution in [-0.2, 0) is 34.4 Å². The van der Waals surface area contributed by atoms with Crippen molar-refractivity contribution in [3.8, 4) is 5.75 Å². The van der Waals surface area contributed by atoms with Crippen LogP contribution in [-0.4, -0.2) is 76.9 Å². The second-order valence-electron chi connectivity index (χ2n) is 8.28. The lowest BCUT2D eigenvalue weighted by Gasteiger charge is -2.35. The van der Waals surface area contributed by atoms with Crippen LogP contribution >= 0.6 is 11.8 Å². The molecule has 2 amide bonds. The molecule has 1 saturated heterocycles. The summed E-state index contributed by atoms with van der Waals surface area (Å²) in [6.45, 7) is 5.89. The Morgan fingerprint density at radius 2 is 1.94 bits per heavy atom. The number of thioether (sulfide) groups is 1. The van der Waals surface area contributed by atoms with Gasteiger partial charge in [-0.15, -0.1) is 11.8 Å². The van der Waals surface area contributed by atoms with Crippen LogP contribution in [0.2, 0.25) is 0 Å². The highest BCUT2D eigenvalue weighted by atomic mass is 32.2. The summed E-state index contributed by atoms with van der Waals surface area (Å²) in [5.74, 6) is 4.99. The van der Waals surface area contributed by atoms with E-state index in [1.807, 2.05) is 11.0 Å². The molecule has 1 aliphatic heterocycles. The number of nitrogens with two attached hydrogens (primary N) is 1. The number of phenolic OH excluding ortho intramolecular Hbond substituents is 1. The molecule has 4 N–H and O–H groups in total. The van der Waals surface area contributed by atoms with E-state index in [0.29, 0.717) is 44.8 Å². The monoisotopic (exact) mass is 477 g/mol. The Labute approximate surface area is 199 Å². The number of piperazine rings is 1. The molecule has 0 unspecified atom stereocenters. The number of hydrogen-bond acceptors (Lipinski definition) is 7. The number of benzene rings is 1. The van der Waals surface area contributed by atoms with E-state index in [0.717, 1.165) is 30.6 Å². The SMILES string of the molecule is CCc1c(SC)n(C)c2c(CN3CCN(C(=O)CCCNC(=O)CON)CC3)c(O)ccc12. The van der Waals surface area contributed by atoms with Crippen molar-refractivity contribution in [2.24, 2.45) is 12.9 Å². The fourth-order valence-electron chi connectivity index (χ4n) is 4.56. The van der Waals surface area contributed by atoms with Crippen molar-refractivity contribution in [1.29, 1.82) is 0 Å². The summed E-state index contributed by atoms with van der Waals surface area (Å²) in [6.07, 6.45) is 4.01. The molecule has 1 fully saturated rings. The van der Waals surface area contributed by atoms with Crippen molar-refractivity contribution < 1.29 is 19.5 Å². The molecule has 0 bridgehead atoms. The van der Waals surface area contributed by atoms with Gasteiger partial charge in [-0.2, -0.15) is 0 Å². The zero-order chi connectivity index (χ0) is 24.0. The van der Waals surface area contributed by atoms with Gasteiger partial charge in [-0.25, -0.2) is 5.90 Å². The van der Waals surface area contributed by atoms with Gasteiger partial charge in [0, 0.05) is 63.7 Å². The minimum absolute atomic E-state index is 0.101. The van der Waals surface area contributed by atoms with E-state index in [1.54, 1.807) is 17.8 Å². The summed E-state index contributed by atoms with van der Waals surface area (Å²) >= 11 is 1.74. The van der Waals surface area contributed by atoms with Gasteiger partial charge in [0.05, 0.1) is 10.5 Å². The fraction of sp³-hybridized carbons (Fsp3) is 0.565. The number of carbonyl (C=O) groups is 2. The summed E-state index contributed by atoms with van der Waals surface area (Å²) in [7, 11) is 2.07. The zero-order valence-electron chi connectivity index (χ0n) is 19.7. The summed E-state index contributed by atoms with van der Waals surface area (Å²) < 4.78 is 2.20. The van der Waals surface area contributed by atoms with Crippen LogP contribution in [0, 0.1) is 0 Å². The molecule has 3 rings (SSSR count). The maximum absolute atomic E-state index is 12.5. The lowest BCUT2D eigenvalue weighted by molar-refractivity contribution is -0.133. The van der Waals surface area contributed by atoms with Crippen molar-refractivity contribution in [2.75, 3.05) is 45.6 Å². The van der Waals surface area contributed by atoms with Crippen LogP contribution in [0.5, 0.6) is 5.75 Å². The van der Waals surface area contributed by atoms with Gasteiger partial charge in [0.25, 0.3) is 0 Å². The van der Waals surface area contributed by atoms with Crippen molar-refractivity contribution in [1.82, 2.24) is 19.7 Å². The first kappa shape index (κ1) is 25.4. The number of rotatable bonds is 10. The highest BCUT2D eigenvalue weighted by Gasteiger charge is 2.24. The number of hydrogen-bond donors (Lipinski definition) is 3. The van der Waals surface area contributed by atoms with Gasteiger partial charge >= 0.3 is 0 Å². The van der Waals surface area contributed by atoms with E-state index in [4.69, 9.17) is 5.90 Å². The predicted octanol–water partition coefficient (Wildman–Crippen LogP) is 1.60. The Morgan fingerprint density at radius 3 is 2.58 bits per heavy atom. The molecule has 0 spiro atoms. The van der Waals surface area contributed by atoms with E-state index in [1.165, 1.54) is 16.0 Å². The summed E-state index contributed by atoms with van der Waals surface area (Å²) in [5.41, 5.74) is 3.36. The van der Waals surface area contributed by atoms with Gasteiger partial charge in [0.15, 0.2) is 0 Å². The number of aromatic nitrogens is 1. The van der Waals surface area contributed by atoms with Crippen LogP contribution < -0.4 is 11.2 Å². The smallest absolute Gasteiger partial charge is 0.248 e. The molecular formula is C23H35N5O4S. The van der Waals surface area contributed by atoms with E-state index in [9.17, 15) is 14.7 Å². The Kier molecular flexibility index (Phi) is 9.02. The lowest BCUT2D eigenvalue weighted by atomic mass is 10.1. The van der Waals surface area contributed by atoms with E-state index >= 15 is 0 Å². The molecular weight excluding hydrogens is 442 g/mol. The fourth-order valence-corrected chi connectivity index (χ4v) is 5.43. The normalized spacial score (nSPS) is 14.7. The number of carbonyl (C=O) groups excluding carboxylic acids is 2. The molecule has 0 radical (unpaired) electrons. The predicted molar refractivity (Wildman–Crippen MR) is 130 cm³/mol. The maximum atomic E-state index is 12.5. The number of aromatic hydroxyl groups is 1. The summed E-state index contributed by atoms with van der Waals surface area (Å²) in [6, 6.07) is 3.83. The van der Waals surface area contributed by atoms with Crippen LogP contribution in [0.4, 0.5) is 0 Å². The molecule has 0 saturated carbocycles. The highest BCUT2D eigenvalue weighted by Crippen LogP contribution is 2.37. The topological polar surface area (TPSA) is 113 Å². The first-order valence-corrected chi connectivity index (χ1v) is 12.6. The summed E-state index contributed by atoms with van der Waals surface area (Å²) in [5, 5.41) is 15.8. The Balaban J connectivity index is 1.58. The van der Waals surface area contributed by atoms with E-state index in [2.05, 4.69) is 39.8 Å². The molecule has 2 aromatic rings. The quantitative estimate of drug-likeness (QED) is 0.271. The van der Waals surface area contributed by atoms with Gasteiger partial charge in [0.2, 0.25) is 11.8 Å². The number of fused-ring (bicyclic) bond motifs is 1. The minimum Gasteiger partial charge on any atom is -0.508 e. The number of amides is 2. The molecule has 1 aromatic heterocycles. The molecule has 0 aliphatic carbocycles. The lowest BCUT2D eigenvalue weighted by Crippen LogP contribution is -2.48. The number of aryl methyl sites for hydroxylation is 2. The molecule has 182 valence electrons. The van der Waals surface area contributed by atoms with Crippen LogP contribution in [0.15, 0.2) is 17.2 Å². The Bertz CT molecular complexity index is 985. The van der Waals surface area contributed by atoms with Gasteiger partial charge in [-0.05, 0) is 36.8 Å². The first-order valence-electron chi connectivity index (χ1n) is 11.4. The second-order valence-corrected chi connectivity index (χ2v) is 9.08. The first-order chi connectivity index (χ1) is 15.9. The maximum Gasteiger partial charge on any atom is 0.248 e. The van der Waals surface area contributed by atoms with Crippen molar-refractivity contribution in [3.63, 3.8) is 0 Å². The van der Waals surface area contributed by atoms with Crippen molar-refractivity contribution in [3.05, 3.63) is 23.3 Å².